The summed E-state index contributed by atoms with van der Waals surface area (Å²) in [5.41, 5.74) is 2.25. The van der Waals surface area contributed by atoms with Gasteiger partial charge in [-0.2, -0.15) is 0 Å². The third-order valence-corrected chi connectivity index (χ3v) is 3.90. The number of hydrogen-bond acceptors (Lipinski definition) is 3. The fraction of sp³-hybridized carbons (Fsp3) is 0.357. The van der Waals surface area contributed by atoms with Crippen LogP contribution in [0, 0.1) is 0 Å². The maximum Gasteiger partial charge on any atom is 0.120 e. The largest absolute Gasteiger partial charge is 0.341 e. The van der Waals surface area contributed by atoms with E-state index in [0.717, 1.165) is 48.7 Å². The Labute approximate surface area is 133 Å². The number of aromatic nitrogens is 2. The molecule has 3 rings (SSSR count). The van der Waals surface area contributed by atoms with Crippen molar-refractivity contribution in [2.24, 2.45) is 0 Å². The van der Waals surface area contributed by atoms with Gasteiger partial charge in [-0.1, -0.05) is 28.1 Å². The van der Waals surface area contributed by atoms with Crippen molar-refractivity contribution in [3.8, 4) is 11.3 Å². The number of hydrogen-bond donors (Lipinski definition) is 2. The molecule has 0 spiro atoms. The second-order valence-corrected chi connectivity index (χ2v) is 5.69. The molecule has 0 unspecified atom stereocenters. The molecule has 0 amide bonds. The Bertz CT molecular complexity index is 534. The molecule has 0 bridgehead atoms. The predicted octanol–water partition coefficient (Wildman–Crippen LogP) is 2.67. The highest BCUT2D eigenvalue weighted by Gasteiger charge is 2.12. The minimum atomic E-state index is 0. The molecule has 0 atom stereocenters. The standard InChI is InChI=1S/C14H17BrN4.ClH/c15-12-3-1-11(2-4-12)13-9-17-14(18-13)10-19-7-5-16-6-8-19;/h1-4,9,16H,5-8,10H2,(H,17,18);1H. The van der Waals surface area contributed by atoms with Gasteiger partial charge in [0.2, 0.25) is 0 Å². The Balaban J connectivity index is 0.00000147. The number of imidazole rings is 1. The van der Waals surface area contributed by atoms with E-state index in [2.05, 4.69) is 48.2 Å². The number of piperazine rings is 1. The molecule has 1 aliphatic rings. The van der Waals surface area contributed by atoms with Gasteiger partial charge < -0.3 is 10.3 Å². The van der Waals surface area contributed by atoms with Crippen molar-refractivity contribution in [2.45, 2.75) is 6.54 Å². The summed E-state index contributed by atoms with van der Waals surface area (Å²) >= 11 is 3.45. The van der Waals surface area contributed by atoms with Gasteiger partial charge in [0.15, 0.2) is 0 Å². The maximum atomic E-state index is 4.48. The van der Waals surface area contributed by atoms with Crippen molar-refractivity contribution >= 4 is 28.3 Å². The first-order valence-corrected chi connectivity index (χ1v) is 7.33. The quantitative estimate of drug-likeness (QED) is 0.887. The fourth-order valence-electron chi connectivity index (χ4n) is 2.30. The molecule has 1 saturated heterocycles. The van der Waals surface area contributed by atoms with Gasteiger partial charge in [0.05, 0.1) is 18.4 Å². The molecule has 108 valence electrons. The van der Waals surface area contributed by atoms with E-state index in [0.29, 0.717) is 0 Å². The molecule has 0 aliphatic carbocycles. The number of nitrogens with zero attached hydrogens (tertiary/aromatic N) is 2. The molecule has 1 aliphatic heterocycles. The third-order valence-electron chi connectivity index (χ3n) is 3.37. The summed E-state index contributed by atoms with van der Waals surface area (Å²) < 4.78 is 1.09. The summed E-state index contributed by atoms with van der Waals surface area (Å²) in [7, 11) is 0. The van der Waals surface area contributed by atoms with Crippen LogP contribution >= 0.6 is 28.3 Å². The highest BCUT2D eigenvalue weighted by Crippen LogP contribution is 2.20. The van der Waals surface area contributed by atoms with Crippen LogP contribution in [0.4, 0.5) is 0 Å². The minimum Gasteiger partial charge on any atom is -0.341 e. The summed E-state index contributed by atoms with van der Waals surface area (Å²) in [6.45, 7) is 5.22. The number of halogens is 2. The zero-order valence-electron chi connectivity index (χ0n) is 11.1. The summed E-state index contributed by atoms with van der Waals surface area (Å²) in [6, 6.07) is 8.27. The lowest BCUT2D eigenvalue weighted by atomic mass is 10.2. The first kappa shape index (κ1) is 15.5. The van der Waals surface area contributed by atoms with E-state index in [-0.39, 0.29) is 12.4 Å². The molecule has 4 nitrogen and oxygen atoms in total. The lowest BCUT2D eigenvalue weighted by Gasteiger charge is -2.26. The second kappa shape index (κ2) is 7.22. The summed E-state index contributed by atoms with van der Waals surface area (Å²) in [5.74, 6) is 1.04. The van der Waals surface area contributed by atoms with Crippen LogP contribution in [0.5, 0.6) is 0 Å². The van der Waals surface area contributed by atoms with Gasteiger partial charge in [0.25, 0.3) is 0 Å². The number of benzene rings is 1. The minimum absolute atomic E-state index is 0. The number of aromatic amines is 1. The zero-order chi connectivity index (χ0) is 13.1. The van der Waals surface area contributed by atoms with Crippen LogP contribution in [0.15, 0.2) is 34.9 Å². The lowest BCUT2D eigenvalue weighted by molar-refractivity contribution is 0.228. The molecular formula is C14H18BrClN4. The van der Waals surface area contributed by atoms with E-state index < -0.39 is 0 Å². The van der Waals surface area contributed by atoms with E-state index >= 15 is 0 Å². The highest BCUT2D eigenvalue weighted by molar-refractivity contribution is 9.10. The number of H-pyrrole nitrogens is 1. The molecule has 0 radical (unpaired) electrons. The number of nitrogens with one attached hydrogen (secondary N) is 2. The van der Waals surface area contributed by atoms with Crippen molar-refractivity contribution < 1.29 is 0 Å². The van der Waals surface area contributed by atoms with E-state index in [1.54, 1.807) is 0 Å². The highest BCUT2D eigenvalue weighted by atomic mass is 79.9. The average Bonchev–Trinajstić information content (AvgIpc) is 2.89. The van der Waals surface area contributed by atoms with Gasteiger partial charge in [0, 0.05) is 30.7 Å². The first-order valence-electron chi connectivity index (χ1n) is 6.54. The molecule has 6 heteroatoms. The zero-order valence-corrected chi connectivity index (χ0v) is 13.5. The van der Waals surface area contributed by atoms with Crippen molar-refractivity contribution in [1.82, 2.24) is 20.2 Å². The Kier molecular flexibility index (Phi) is 5.60. The van der Waals surface area contributed by atoms with Gasteiger partial charge in [-0.25, -0.2) is 4.98 Å². The lowest BCUT2D eigenvalue weighted by Crippen LogP contribution is -2.43. The summed E-state index contributed by atoms with van der Waals surface area (Å²) in [5, 5.41) is 3.36. The Morgan fingerprint density at radius 3 is 2.55 bits per heavy atom. The third kappa shape index (κ3) is 3.82. The SMILES string of the molecule is Brc1ccc(-c2cnc(CN3CCNCC3)[nH]2)cc1.Cl. The Morgan fingerprint density at radius 2 is 1.85 bits per heavy atom. The van der Waals surface area contributed by atoms with Gasteiger partial charge >= 0.3 is 0 Å². The molecule has 20 heavy (non-hydrogen) atoms. The van der Waals surface area contributed by atoms with Crippen molar-refractivity contribution in [1.29, 1.82) is 0 Å². The smallest absolute Gasteiger partial charge is 0.120 e. The van der Waals surface area contributed by atoms with Gasteiger partial charge in [-0.05, 0) is 17.7 Å². The normalized spacial score (nSPS) is 15.8. The van der Waals surface area contributed by atoms with Crippen LogP contribution in [-0.4, -0.2) is 41.0 Å². The van der Waals surface area contributed by atoms with Crippen LogP contribution in [0.1, 0.15) is 5.82 Å². The van der Waals surface area contributed by atoms with E-state index in [1.165, 1.54) is 5.56 Å². The molecular weight excluding hydrogens is 340 g/mol. The number of rotatable bonds is 3. The van der Waals surface area contributed by atoms with Crippen molar-refractivity contribution in [2.75, 3.05) is 26.2 Å². The molecule has 0 saturated carbocycles. The van der Waals surface area contributed by atoms with Crippen molar-refractivity contribution in [3.63, 3.8) is 0 Å². The molecule has 2 N–H and O–H groups in total. The second-order valence-electron chi connectivity index (χ2n) is 4.78. The van der Waals surface area contributed by atoms with Crippen LogP contribution < -0.4 is 5.32 Å². The van der Waals surface area contributed by atoms with Crippen LogP contribution in [0.25, 0.3) is 11.3 Å². The summed E-state index contributed by atoms with van der Waals surface area (Å²) in [4.78, 5) is 10.3. The predicted molar refractivity (Wildman–Crippen MR) is 87.1 cm³/mol. The van der Waals surface area contributed by atoms with Crippen LogP contribution in [0.3, 0.4) is 0 Å². The Morgan fingerprint density at radius 1 is 1.15 bits per heavy atom. The van der Waals surface area contributed by atoms with Crippen molar-refractivity contribution in [3.05, 3.63) is 40.8 Å². The monoisotopic (exact) mass is 356 g/mol. The van der Waals surface area contributed by atoms with Gasteiger partial charge in [-0.3, -0.25) is 4.90 Å². The molecule has 1 aromatic heterocycles. The van der Waals surface area contributed by atoms with Crippen LogP contribution in [-0.2, 0) is 6.54 Å². The van der Waals surface area contributed by atoms with Gasteiger partial charge in [0.1, 0.15) is 5.82 Å². The topological polar surface area (TPSA) is 44.0 Å². The first-order chi connectivity index (χ1) is 9.31. The molecule has 1 aromatic carbocycles. The average molecular weight is 358 g/mol. The van der Waals surface area contributed by atoms with E-state index in [4.69, 9.17) is 0 Å². The van der Waals surface area contributed by atoms with Crippen LogP contribution in [0.2, 0.25) is 0 Å². The van der Waals surface area contributed by atoms with E-state index in [9.17, 15) is 0 Å². The molecule has 2 heterocycles. The van der Waals surface area contributed by atoms with E-state index in [1.807, 2.05) is 18.3 Å². The molecule has 1 fully saturated rings. The van der Waals surface area contributed by atoms with Gasteiger partial charge in [-0.15, -0.1) is 12.4 Å². The fourth-order valence-corrected chi connectivity index (χ4v) is 2.56. The molecule has 2 aromatic rings. The summed E-state index contributed by atoms with van der Waals surface area (Å²) in [6.07, 6.45) is 1.92. The Hall–Kier alpha value is -0.880. The maximum absolute atomic E-state index is 4.48.